The summed E-state index contributed by atoms with van der Waals surface area (Å²) in [5.41, 5.74) is 0. The second-order valence-electron chi connectivity index (χ2n) is 6.10. The molecule has 0 N–H and O–H groups in total. The van der Waals surface area contributed by atoms with E-state index in [1.165, 1.54) is 7.11 Å². The molecule has 3 rings (SSSR count). The molecule has 3 heterocycles. The van der Waals surface area contributed by atoms with Gasteiger partial charge >= 0.3 is 17.9 Å². The Morgan fingerprint density at radius 3 is 2.65 bits per heavy atom. The molecular formula is C15H20O8. The molecular weight excluding hydrogens is 308 g/mol. The minimum Gasteiger partial charge on any atom is -0.455 e. The van der Waals surface area contributed by atoms with Crippen LogP contribution in [-0.4, -0.2) is 56.2 Å². The molecule has 0 aromatic rings. The van der Waals surface area contributed by atoms with Gasteiger partial charge in [-0.2, -0.15) is 0 Å². The van der Waals surface area contributed by atoms with Gasteiger partial charge in [-0.1, -0.05) is 13.8 Å². The maximum Gasteiger partial charge on any atom is 0.314 e. The Bertz CT molecular complexity index is 518. The van der Waals surface area contributed by atoms with Crippen molar-refractivity contribution in [1.82, 2.24) is 0 Å². The molecule has 0 aliphatic carbocycles. The number of hydrogen-bond acceptors (Lipinski definition) is 8. The van der Waals surface area contributed by atoms with E-state index in [0.29, 0.717) is 6.42 Å². The summed E-state index contributed by atoms with van der Waals surface area (Å²) in [5, 5.41) is 0. The molecule has 3 fully saturated rings. The lowest BCUT2D eigenvalue weighted by Crippen LogP contribution is -2.48. The standard InChI is InChI=1S/C15H20O8/c1-4-6(2)13(16)22-11-9-7(14(17)20-5-19-3)8-10(21-9)12(11)23-15(8)18/h6-12H,4-5H2,1-3H3. The van der Waals surface area contributed by atoms with Crippen molar-refractivity contribution in [2.45, 2.75) is 44.7 Å². The molecule has 7 unspecified atom stereocenters. The van der Waals surface area contributed by atoms with Gasteiger partial charge in [0, 0.05) is 7.11 Å². The Hall–Kier alpha value is -1.67. The molecule has 3 saturated heterocycles. The summed E-state index contributed by atoms with van der Waals surface area (Å²) >= 11 is 0. The SMILES string of the molecule is CCC(C)C(=O)OC1C2OC(=O)C3C2OC1C3C(=O)OCOC. The van der Waals surface area contributed by atoms with Gasteiger partial charge in [0.1, 0.15) is 24.0 Å². The number of esters is 3. The molecule has 0 amide bonds. The monoisotopic (exact) mass is 328 g/mol. The van der Waals surface area contributed by atoms with Crippen LogP contribution >= 0.6 is 0 Å². The van der Waals surface area contributed by atoms with Crippen LogP contribution in [0.5, 0.6) is 0 Å². The lowest BCUT2D eigenvalue weighted by Gasteiger charge is -2.27. The summed E-state index contributed by atoms with van der Waals surface area (Å²) in [4.78, 5) is 36.3. The predicted octanol–water partition coefficient (Wildman–Crippen LogP) is 0.0302. The smallest absolute Gasteiger partial charge is 0.314 e. The van der Waals surface area contributed by atoms with E-state index in [1.54, 1.807) is 6.92 Å². The first kappa shape index (κ1) is 16.2. The highest BCUT2D eigenvalue weighted by molar-refractivity contribution is 5.87. The Morgan fingerprint density at radius 2 is 2.00 bits per heavy atom. The van der Waals surface area contributed by atoms with Gasteiger partial charge in [0.15, 0.2) is 19.0 Å². The van der Waals surface area contributed by atoms with Crippen LogP contribution in [-0.2, 0) is 38.1 Å². The van der Waals surface area contributed by atoms with Gasteiger partial charge in [-0.15, -0.1) is 0 Å². The normalized spacial score (nSPS) is 38.3. The molecule has 128 valence electrons. The van der Waals surface area contributed by atoms with Crippen molar-refractivity contribution in [3.05, 3.63) is 0 Å². The van der Waals surface area contributed by atoms with Crippen LogP contribution in [0.4, 0.5) is 0 Å². The summed E-state index contributed by atoms with van der Waals surface area (Å²) in [6.45, 7) is 3.42. The number of methoxy groups -OCH3 is 1. The van der Waals surface area contributed by atoms with Crippen LogP contribution in [0.1, 0.15) is 20.3 Å². The van der Waals surface area contributed by atoms with Crippen molar-refractivity contribution in [2.24, 2.45) is 17.8 Å². The topological polar surface area (TPSA) is 97.4 Å². The lowest BCUT2D eigenvalue weighted by molar-refractivity contribution is -0.170. The van der Waals surface area contributed by atoms with Crippen LogP contribution in [0.3, 0.4) is 0 Å². The van der Waals surface area contributed by atoms with Crippen LogP contribution in [0.25, 0.3) is 0 Å². The van der Waals surface area contributed by atoms with E-state index in [0.717, 1.165) is 0 Å². The van der Waals surface area contributed by atoms with Crippen molar-refractivity contribution >= 4 is 17.9 Å². The number of carbonyl (C=O) groups excluding carboxylic acids is 3. The fourth-order valence-electron chi connectivity index (χ4n) is 3.37. The van der Waals surface area contributed by atoms with E-state index < -0.39 is 54.2 Å². The molecule has 8 heteroatoms. The highest BCUT2D eigenvalue weighted by Gasteiger charge is 2.72. The van der Waals surface area contributed by atoms with Crippen molar-refractivity contribution < 1.29 is 38.1 Å². The summed E-state index contributed by atoms with van der Waals surface area (Å²) in [5.74, 6) is -3.32. The molecule has 0 spiro atoms. The lowest BCUT2D eigenvalue weighted by atomic mass is 9.78. The second kappa shape index (κ2) is 6.09. The highest BCUT2D eigenvalue weighted by atomic mass is 16.7. The van der Waals surface area contributed by atoms with E-state index in [2.05, 4.69) is 0 Å². The summed E-state index contributed by atoms with van der Waals surface area (Å²) < 4.78 is 26.1. The molecule has 8 nitrogen and oxygen atoms in total. The van der Waals surface area contributed by atoms with Crippen molar-refractivity contribution in [3.8, 4) is 0 Å². The second-order valence-corrected chi connectivity index (χ2v) is 6.10. The van der Waals surface area contributed by atoms with Gasteiger partial charge in [-0.3, -0.25) is 14.4 Å². The molecule has 7 atom stereocenters. The predicted molar refractivity (Wildman–Crippen MR) is 72.8 cm³/mol. The fourth-order valence-corrected chi connectivity index (χ4v) is 3.37. The molecule has 3 aliphatic rings. The number of rotatable bonds is 6. The Labute approximate surface area is 133 Å². The number of hydrogen-bond donors (Lipinski definition) is 0. The third-order valence-corrected chi connectivity index (χ3v) is 4.76. The van der Waals surface area contributed by atoms with Gasteiger partial charge in [0.25, 0.3) is 0 Å². The van der Waals surface area contributed by atoms with Crippen molar-refractivity contribution in [2.75, 3.05) is 13.9 Å². The molecule has 0 radical (unpaired) electrons. The molecule has 3 aliphatic heterocycles. The van der Waals surface area contributed by atoms with Gasteiger partial charge in [-0.25, -0.2) is 0 Å². The summed E-state index contributed by atoms with van der Waals surface area (Å²) in [6, 6.07) is 0. The van der Waals surface area contributed by atoms with E-state index in [1.807, 2.05) is 6.92 Å². The molecule has 0 aromatic carbocycles. The number of fused-ring (bicyclic) bond motifs is 1. The van der Waals surface area contributed by atoms with Gasteiger partial charge in [-0.05, 0) is 6.42 Å². The maximum absolute atomic E-state index is 12.2. The third kappa shape index (κ3) is 2.49. The van der Waals surface area contributed by atoms with E-state index >= 15 is 0 Å². The van der Waals surface area contributed by atoms with Crippen LogP contribution in [0.2, 0.25) is 0 Å². The van der Waals surface area contributed by atoms with E-state index in [4.69, 9.17) is 23.7 Å². The minimum absolute atomic E-state index is 0.213. The summed E-state index contributed by atoms with van der Waals surface area (Å²) in [6.07, 6.45) is -2.07. The van der Waals surface area contributed by atoms with E-state index in [-0.39, 0.29) is 12.7 Å². The zero-order valence-electron chi connectivity index (χ0n) is 13.2. The van der Waals surface area contributed by atoms with Gasteiger partial charge in [0.2, 0.25) is 0 Å². The molecule has 23 heavy (non-hydrogen) atoms. The first-order valence-corrected chi connectivity index (χ1v) is 7.71. The highest BCUT2D eigenvalue weighted by Crippen LogP contribution is 2.51. The van der Waals surface area contributed by atoms with Crippen LogP contribution < -0.4 is 0 Å². The third-order valence-electron chi connectivity index (χ3n) is 4.76. The number of ether oxygens (including phenoxy) is 5. The Morgan fingerprint density at radius 1 is 1.26 bits per heavy atom. The minimum atomic E-state index is -0.837. The maximum atomic E-state index is 12.2. The van der Waals surface area contributed by atoms with Crippen molar-refractivity contribution in [1.29, 1.82) is 0 Å². The Kier molecular flexibility index (Phi) is 4.29. The molecule has 2 bridgehead atoms. The first-order chi connectivity index (χ1) is 11.0. The molecule has 0 saturated carbocycles. The zero-order valence-corrected chi connectivity index (χ0v) is 13.2. The van der Waals surface area contributed by atoms with Crippen molar-refractivity contribution in [3.63, 3.8) is 0 Å². The van der Waals surface area contributed by atoms with Gasteiger partial charge < -0.3 is 23.7 Å². The first-order valence-electron chi connectivity index (χ1n) is 7.71. The molecule has 0 aromatic heterocycles. The zero-order chi connectivity index (χ0) is 16.7. The average molecular weight is 328 g/mol. The number of carbonyl (C=O) groups is 3. The average Bonchev–Trinajstić information content (AvgIpc) is 3.14. The van der Waals surface area contributed by atoms with Gasteiger partial charge in [0.05, 0.1) is 5.92 Å². The largest absolute Gasteiger partial charge is 0.455 e. The summed E-state index contributed by atoms with van der Waals surface area (Å²) in [7, 11) is 1.39. The van der Waals surface area contributed by atoms with Crippen LogP contribution in [0.15, 0.2) is 0 Å². The quantitative estimate of drug-likeness (QED) is 0.383. The Balaban J connectivity index is 1.77. The van der Waals surface area contributed by atoms with E-state index in [9.17, 15) is 14.4 Å². The fraction of sp³-hybridized carbons (Fsp3) is 0.800. The van der Waals surface area contributed by atoms with Crippen LogP contribution in [0, 0.1) is 17.8 Å².